The molecule has 2 unspecified atom stereocenters. The molecule has 2 nitrogen and oxygen atoms in total. The summed E-state index contributed by atoms with van der Waals surface area (Å²) in [5, 5.41) is 6.16. The van der Waals surface area contributed by atoms with E-state index in [2.05, 4.69) is 34.8 Å². The Bertz CT molecular complexity index is 384. The van der Waals surface area contributed by atoms with Crippen molar-refractivity contribution >= 4 is 11.3 Å². The Labute approximate surface area is 127 Å². The third-order valence-corrected chi connectivity index (χ3v) is 6.17. The number of nitrogens with zero attached hydrogens (tertiary/aromatic N) is 1. The van der Waals surface area contributed by atoms with Gasteiger partial charge in [0.25, 0.3) is 0 Å². The molecule has 20 heavy (non-hydrogen) atoms. The molecule has 0 spiro atoms. The minimum absolute atomic E-state index is 0.604. The molecule has 1 aliphatic carbocycles. The first-order valence-electron chi connectivity index (χ1n) is 8.31. The fraction of sp³-hybridized carbons (Fsp3) is 0.765. The molecule has 2 atom stereocenters. The van der Waals surface area contributed by atoms with Crippen molar-refractivity contribution in [2.45, 2.75) is 57.0 Å². The number of nitrogens with one attached hydrogen (secondary N) is 1. The smallest absolute Gasteiger partial charge is 0.0443 e. The molecule has 1 N–H and O–H groups in total. The van der Waals surface area contributed by atoms with E-state index >= 15 is 0 Å². The Balaban J connectivity index is 1.61. The van der Waals surface area contributed by atoms with E-state index in [1.165, 1.54) is 51.5 Å². The Morgan fingerprint density at radius 2 is 2.05 bits per heavy atom. The van der Waals surface area contributed by atoms with Crippen LogP contribution in [-0.4, -0.2) is 31.1 Å². The molecule has 2 fully saturated rings. The molecule has 1 aromatic rings. The highest BCUT2D eigenvalue weighted by Crippen LogP contribution is 2.37. The maximum Gasteiger partial charge on any atom is 0.0443 e. The number of rotatable bonds is 5. The van der Waals surface area contributed by atoms with E-state index in [0.717, 1.165) is 18.5 Å². The average molecular weight is 292 g/mol. The van der Waals surface area contributed by atoms with Crippen LogP contribution in [0, 0.1) is 5.92 Å². The van der Waals surface area contributed by atoms with E-state index in [1.54, 1.807) is 4.88 Å². The molecule has 0 aromatic carbocycles. The lowest BCUT2D eigenvalue weighted by atomic mass is 9.95. The van der Waals surface area contributed by atoms with Crippen LogP contribution in [-0.2, 0) is 0 Å². The molecule has 3 heteroatoms. The number of hydrogen-bond donors (Lipinski definition) is 1. The van der Waals surface area contributed by atoms with Gasteiger partial charge in [0.15, 0.2) is 0 Å². The van der Waals surface area contributed by atoms with E-state index < -0.39 is 0 Å². The van der Waals surface area contributed by atoms with E-state index in [0.29, 0.717) is 6.04 Å². The molecule has 0 amide bonds. The maximum atomic E-state index is 3.93. The van der Waals surface area contributed by atoms with E-state index in [9.17, 15) is 0 Å². The van der Waals surface area contributed by atoms with E-state index in [-0.39, 0.29) is 0 Å². The van der Waals surface area contributed by atoms with Gasteiger partial charge >= 0.3 is 0 Å². The summed E-state index contributed by atoms with van der Waals surface area (Å²) in [6.45, 7) is 2.44. The first-order valence-corrected chi connectivity index (χ1v) is 9.19. The van der Waals surface area contributed by atoms with Crippen LogP contribution in [0.5, 0.6) is 0 Å². The van der Waals surface area contributed by atoms with Gasteiger partial charge in [0.05, 0.1) is 0 Å². The highest BCUT2D eigenvalue weighted by molar-refractivity contribution is 7.10. The zero-order chi connectivity index (χ0) is 13.8. The van der Waals surface area contributed by atoms with Crippen LogP contribution in [0.2, 0.25) is 0 Å². The lowest BCUT2D eigenvalue weighted by molar-refractivity contribution is 0.173. The van der Waals surface area contributed by atoms with Gasteiger partial charge in [-0.2, -0.15) is 0 Å². The second kappa shape index (κ2) is 7.06. The van der Waals surface area contributed by atoms with Crippen LogP contribution in [0.4, 0.5) is 0 Å². The van der Waals surface area contributed by atoms with Crippen molar-refractivity contribution in [1.29, 1.82) is 0 Å². The molecule has 1 saturated carbocycles. The van der Waals surface area contributed by atoms with Crippen LogP contribution < -0.4 is 5.32 Å². The summed E-state index contributed by atoms with van der Waals surface area (Å²) < 4.78 is 0. The third kappa shape index (κ3) is 3.44. The maximum absolute atomic E-state index is 3.93. The van der Waals surface area contributed by atoms with Gasteiger partial charge in [-0.1, -0.05) is 25.3 Å². The third-order valence-electron chi connectivity index (χ3n) is 5.22. The standard InChI is InChI=1S/C17H28N2S/c1-19-11-5-4-9-15(19)13-18-17(14-7-2-3-8-14)16-10-6-12-20-16/h6,10,12,14-15,17-18H,2-5,7-9,11,13H2,1H3. The van der Waals surface area contributed by atoms with Crippen molar-refractivity contribution in [1.82, 2.24) is 10.2 Å². The van der Waals surface area contributed by atoms with Crippen molar-refractivity contribution in [2.24, 2.45) is 5.92 Å². The molecule has 2 heterocycles. The number of likely N-dealkylation sites (N-methyl/N-ethyl adjacent to an activating group) is 1. The van der Waals surface area contributed by atoms with Crippen molar-refractivity contribution < 1.29 is 0 Å². The Morgan fingerprint density at radius 3 is 2.75 bits per heavy atom. The zero-order valence-corrected chi connectivity index (χ0v) is 13.5. The van der Waals surface area contributed by atoms with Gasteiger partial charge in [0.2, 0.25) is 0 Å². The Kier molecular flexibility index (Phi) is 5.14. The lowest BCUT2D eigenvalue weighted by Crippen LogP contribution is -2.44. The molecule has 1 aliphatic heterocycles. The zero-order valence-electron chi connectivity index (χ0n) is 12.7. The van der Waals surface area contributed by atoms with Gasteiger partial charge in [0, 0.05) is 23.5 Å². The quantitative estimate of drug-likeness (QED) is 0.880. The first-order chi connectivity index (χ1) is 9.84. The van der Waals surface area contributed by atoms with Crippen molar-refractivity contribution in [3.8, 4) is 0 Å². The summed E-state index contributed by atoms with van der Waals surface area (Å²) in [5.74, 6) is 0.863. The first kappa shape index (κ1) is 14.6. The van der Waals surface area contributed by atoms with Gasteiger partial charge in [-0.15, -0.1) is 11.3 Å². The molecule has 1 saturated heterocycles. The number of hydrogen-bond acceptors (Lipinski definition) is 3. The Hall–Kier alpha value is -0.380. The predicted molar refractivity (Wildman–Crippen MR) is 87.3 cm³/mol. The van der Waals surface area contributed by atoms with Crippen LogP contribution in [0.1, 0.15) is 55.9 Å². The second-order valence-corrected chi connectivity index (χ2v) is 7.56. The van der Waals surface area contributed by atoms with Crippen molar-refractivity contribution in [3.05, 3.63) is 22.4 Å². The molecular formula is C17H28N2S. The average Bonchev–Trinajstić information content (AvgIpc) is 3.14. The number of thiophene rings is 1. The topological polar surface area (TPSA) is 15.3 Å². The van der Waals surface area contributed by atoms with Crippen LogP contribution >= 0.6 is 11.3 Å². The largest absolute Gasteiger partial charge is 0.307 e. The van der Waals surface area contributed by atoms with Gasteiger partial charge in [-0.3, -0.25) is 0 Å². The van der Waals surface area contributed by atoms with Crippen LogP contribution in [0.3, 0.4) is 0 Å². The Morgan fingerprint density at radius 1 is 1.25 bits per heavy atom. The minimum atomic E-state index is 0.604. The molecule has 0 radical (unpaired) electrons. The predicted octanol–water partition coefficient (Wildman–Crippen LogP) is 4.05. The minimum Gasteiger partial charge on any atom is -0.307 e. The number of piperidine rings is 1. The van der Waals surface area contributed by atoms with Crippen LogP contribution in [0.25, 0.3) is 0 Å². The van der Waals surface area contributed by atoms with Gasteiger partial charge in [-0.25, -0.2) is 0 Å². The summed E-state index contributed by atoms with van der Waals surface area (Å²) in [6, 6.07) is 5.88. The fourth-order valence-corrected chi connectivity index (χ4v) is 4.82. The summed E-state index contributed by atoms with van der Waals surface area (Å²) in [7, 11) is 2.29. The van der Waals surface area contributed by atoms with E-state index in [4.69, 9.17) is 0 Å². The summed E-state index contributed by atoms with van der Waals surface area (Å²) >= 11 is 1.93. The molecule has 1 aromatic heterocycles. The van der Waals surface area contributed by atoms with Crippen molar-refractivity contribution in [2.75, 3.05) is 20.1 Å². The highest BCUT2D eigenvalue weighted by Gasteiger charge is 2.28. The van der Waals surface area contributed by atoms with Gasteiger partial charge < -0.3 is 10.2 Å². The van der Waals surface area contributed by atoms with E-state index in [1.807, 2.05) is 11.3 Å². The lowest BCUT2D eigenvalue weighted by Gasteiger charge is -2.34. The number of likely N-dealkylation sites (tertiary alicyclic amines) is 1. The van der Waals surface area contributed by atoms with Crippen molar-refractivity contribution in [3.63, 3.8) is 0 Å². The molecular weight excluding hydrogens is 264 g/mol. The fourth-order valence-electron chi connectivity index (χ4n) is 3.92. The monoisotopic (exact) mass is 292 g/mol. The highest BCUT2D eigenvalue weighted by atomic mass is 32.1. The molecule has 2 aliphatic rings. The van der Waals surface area contributed by atoms with Gasteiger partial charge in [0.1, 0.15) is 0 Å². The summed E-state index contributed by atoms with van der Waals surface area (Å²) in [5.41, 5.74) is 0. The normalized spacial score (nSPS) is 26.9. The molecule has 112 valence electrons. The molecule has 0 bridgehead atoms. The second-order valence-electron chi connectivity index (χ2n) is 6.58. The van der Waals surface area contributed by atoms with Gasteiger partial charge in [-0.05, 0) is 56.6 Å². The summed E-state index contributed by atoms with van der Waals surface area (Å²) in [6.07, 6.45) is 9.83. The summed E-state index contributed by atoms with van der Waals surface area (Å²) in [4.78, 5) is 4.10. The van der Waals surface area contributed by atoms with Crippen LogP contribution in [0.15, 0.2) is 17.5 Å². The SMILES string of the molecule is CN1CCCCC1CNC(c1cccs1)C1CCCC1. The molecule has 3 rings (SSSR count).